The predicted octanol–water partition coefficient (Wildman–Crippen LogP) is 4.00. The van der Waals surface area contributed by atoms with Crippen molar-refractivity contribution in [3.05, 3.63) is 59.1 Å². The Hall–Kier alpha value is -2.05. The van der Waals surface area contributed by atoms with Crippen molar-refractivity contribution in [1.82, 2.24) is 5.32 Å². The average Bonchev–Trinajstić information content (AvgIpc) is 2.59. The van der Waals surface area contributed by atoms with Crippen LogP contribution in [0.4, 0.5) is 5.69 Å². The number of sulfonamides is 1. The van der Waals surface area contributed by atoms with Crippen molar-refractivity contribution in [2.24, 2.45) is 5.92 Å². The van der Waals surface area contributed by atoms with E-state index >= 15 is 0 Å². The lowest BCUT2D eigenvalue weighted by atomic mass is 10.1. The number of rotatable bonds is 7. The lowest BCUT2D eigenvalue weighted by Crippen LogP contribution is -2.45. The molecule has 2 aromatic carbocycles. The molecule has 0 aliphatic carbocycles. The molecule has 2 aromatic rings. The van der Waals surface area contributed by atoms with Crippen LogP contribution in [0.25, 0.3) is 0 Å². The van der Waals surface area contributed by atoms with Crippen LogP contribution in [0.15, 0.2) is 53.4 Å². The van der Waals surface area contributed by atoms with E-state index in [1.807, 2.05) is 33.8 Å². The minimum atomic E-state index is -3.92. The second kappa shape index (κ2) is 8.76. The maximum absolute atomic E-state index is 13.2. The third kappa shape index (κ3) is 5.47. The number of anilines is 1. The van der Waals surface area contributed by atoms with Crippen molar-refractivity contribution >= 4 is 33.2 Å². The summed E-state index contributed by atoms with van der Waals surface area (Å²) in [6.45, 7) is 7.46. The number of aryl methyl sites for hydroxylation is 1. The van der Waals surface area contributed by atoms with Crippen LogP contribution in [0.3, 0.4) is 0 Å². The summed E-state index contributed by atoms with van der Waals surface area (Å²) in [5, 5.41) is 3.30. The van der Waals surface area contributed by atoms with Crippen LogP contribution in [0, 0.1) is 12.8 Å². The van der Waals surface area contributed by atoms with Crippen molar-refractivity contribution in [3.63, 3.8) is 0 Å². The van der Waals surface area contributed by atoms with Gasteiger partial charge in [-0.2, -0.15) is 0 Å². The molecule has 0 heterocycles. The highest BCUT2D eigenvalue weighted by Gasteiger charge is 2.27. The van der Waals surface area contributed by atoms with E-state index in [1.54, 1.807) is 18.2 Å². The fourth-order valence-electron chi connectivity index (χ4n) is 2.43. The molecule has 1 atom stereocenters. The van der Waals surface area contributed by atoms with Gasteiger partial charge in [-0.15, -0.1) is 0 Å². The Morgan fingerprint density at radius 3 is 2.30 bits per heavy atom. The number of hydrogen-bond donors (Lipinski definition) is 1. The number of nitrogens with one attached hydrogen (secondary N) is 1. The van der Waals surface area contributed by atoms with Gasteiger partial charge in [-0.3, -0.25) is 9.10 Å². The fourth-order valence-corrected chi connectivity index (χ4v) is 3.97. The Morgan fingerprint density at radius 1 is 1.11 bits per heavy atom. The summed E-state index contributed by atoms with van der Waals surface area (Å²) in [4.78, 5) is 12.6. The molecule has 146 valence electrons. The molecule has 0 saturated heterocycles. The summed E-state index contributed by atoms with van der Waals surface area (Å²) in [7, 11) is -3.92. The molecular weight excluding hydrogens is 384 g/mol. The number of nitrogens with zero attached hydrogens (tertiary/aromatic N) is 1. The van der Waals surface area contributed by atoms with Gasteiger partial charge in [0.1, 0.15) is 6.54 Å². The van der Waals surface area contributed by atoms with Gasteiger partial charge in [0.25, 0.3) is 10.0 Å². The number of amides is 1. The van der Waals surface area contributed by atoms with Crippen LogP contribution >= 0.6 is 11.6 Å². The molecule has 0 bridgehead atoms. The second-order valence-electron chi connectivity index (χ2n) is 6.90. The molecule has 0 aromatic heterocycles. The normalized spacial score (nSPS) is 12.7. The fraction of sp³-hybridized carbons (Fsp3) is 0.350. The Labute approximate surface area is 166 Å². The minimum Gasteiger partial charge on any atom is -0.352 e. The number of benzene rings is 2. The number of halogens is 1. The van der Waals surface area contributed by atoms with Crippen molar-refractivity contribution in [2.45, 2.75) is 38.6 Å². The Morgan fingerprint density at radius 2 is 1.74 bits per heavy atom. The van der Waals surface area contributed by atoms with Gasteiger partial charge in [0.2, 0.25) is 5.91 Å². The second-order valence-corrected chi connectivity index (χ2v) is 9.20. The van der Waals surface area contributed by atoms with Crippen molar-refractivity contribution < 1.29 is 13.2 Å². The highest BCUT2D eigenvalue weighted by molar-refractivity contribution is 7.92. The summed E-state index contributed by atoms with van der Waals surface area (Å²) in [5.41, 5.74) is 1.34. The largest absolute Gasteiger partial charge is 0.352 e. The molecule has 1 N–H and O–H groups in total. The van der Waals surface area contributed by atoms with E-state index in [1.165, 1.54) is 24.3 Å². The first-order valence-corrected chi connectivity index (χ1v) is 10.6. The van der Waals surface area contributed by atoms with Crippen molar-refractivity contribution in [1.29, 1.82) is 0 Å². The van der Waals surface area contributed by atoms with E-state index in [0.29, 0.717) is 10.7 Å². The van der Waals surface area contributed by atoms with Crippen LogP contribution in [0.5, 0.6) is 0 Å². The topological polar surface area (TPSA) is 66.5 Å². The quantitative estimate of drug-likeness (QED) is 0.752. The van der Waals surface area contributed by atoms with E-state index in [9.17, 15) is 13.2 Å². The van der Waals surface area contributed by atoms with E-state index in [4.69, 9.17) is 11.6 Å². The molecule has 0 aliphatic heterocycles. The molecule has 0 radical (unpaired) electrons. The molecule has 1 unspecified atom stereocenters. The van der Waals surface area contributed by atoms with Crippen LogP contribution < -0.4 is 9.62 Å². The van der Waals surface area contributed by atoms with Crippen LogP contribution in [0.2, 0.25) is 5.02 Å². The van der Waals surface area contributed by atoms with Crippen molar-refractivity contribution in [3.8, 4) is 0 Å². The minimum absolute atomic E-state index is 0.0601. The molecule has 2 rings (SSSR count). The van der Waals surface area contributed by atoms with Gasteiger partial charge < -0.3 is 5.32 Å². The summed E-state index contributed by atoms with van der Waals surface area (Å²) < 4.78 is 27.6. The number of hydrogen-bond acceptors (Lipinski definition) is 3. The first-order valence-electron chi connectivity index (χ1n) is 8.75. The summed E-state index contributed by atoms with van der Waals surface area (Å²) in [6, 6.07) is 12.9. The van der Waals surface area contributed by atoms with Crippen LogP contribution in [-0.4, -0.2) is 26.9 Å². The first kappa shape index (κ1) is 21.3. The van der Waals surface area contributed by atoms with E-state index in [-0.39, 0.29) is 29.3 Å². The maximum Gasteiger partial charge on any atom is 0.264 e. The third-order valence-corrected chi connectivity index (χ3v) is 6.41. The standard InChI is InChI=1S/C20H25ClN2O3S/c1-14(2)16(4)22-20(24)13-23(18-7-5-6-15(3)12-18)27(25,26)19-10-8-17(21)9-11-19/h5-12,14,16H,13H2,1-4H3,(H,22,24). The summed E-state index contributed by atoms with van der Waals surface area (Å²) in [5.74, 6) is -0.107. The first-order chi connectivity index (χ1) is 12.6. The van der Waals surface area contributed by atoms with Gasteiger partial charge in [0.15, 0.2) is 0 Å². The van der Waals surface area contributed by atoms with E-state index < -0.39 is 10.0 Å². The highest BCUT2D eigenvalue weighted by Crippen LogP contribution is 2.25. The van der Waals surface area contributed by atoms with Gasteiger partial charge in [0.05, 0.1) is 10.6 Å². The van der Waals surface area contributed by atoms with Crippen LogP contribution in [-0.2, 0) is 14.8 Å². The molecule has 0 saturated carbocycles. The van der Waals surface area contributed by atoms with Crippen LogP contribution in [0.1, 0.15) is 26.3 Å². The Kier molecular flexibility index (Phi) is 6.89. The Bertz CT molecular complexity index is 896. The third-order valence-electron chi connectivity index (χ3n) is 4.37. The molecule has 27 heavy (non-hydrogen) atoms. The monoisotopic (exact) mass is 408 g/mol. The van der Waals surface area contributed by atoms with Gasteiger partial charge in [-0.25, -0.2) is 8.42 Å². The van der Waals surface area contributed by atoms with E-state index in [2.05, 4.69) is 5.32 Å². The molecule has 0 fully saturated rings. The van der Waals surface area contributed by atoms with Gasteiger partial charge in [-0.1, -0.05) is 37.6 Å². The molecule has 7 heteroatoms. The molecule has 0 spiro atoms. The lowest BCUT2D eigenvalue weighted by Gasteiger charge is -2.26. The zero-order chi connectivity index (χ0) is 20.2. The SMILES string of the molecule is Cc1cccc(N(CC(=O)NC(C)C(C)C)S(=O)(=O)c2ccc(Cl)cc2)c1. The molecular formula is C20H25ClN2O3S. The molecule has 5 nitrogen and oxygen atoms in total. The summed E-state index contributed by atoms with van der Waals surface area (Å²) >= 11 is 5.88. The average molecular weight is 409 g/mol. The smallest absolute Gasteiger partial charge is 0.264 e. The maximum atomic E-state index is 13.2. The molecule has 1 amide bonds. The number of carbonyl (C=O) groups is 1. The van der Waals surface area contributed by atoms with Gasteiger partial charge in [0, 0.05) is 11.1 Å². The van der Waals surface area contributed by atoms with Gasteiger partial charge >= 0.3 is 0 Å². The predicted molar refractivity (Wildman–Crippen MR) is 110 cm³/mol. The Balaban J connectivity index is 2.41. The lowest BCUT2D eigenvalue weighted by molar-refractivity contribution is -0.120. The van der Waals surface area contributed by atoms with Crippen molar-refractivity contribution in [2.75, 3.05) is 10.8 Å². The molecule has 0 aliphatic rings. The zero-order valence-corrected chi connectivity index (χ0v) is 17.5. The van der Waals surface area contributed by atoms with Gasteiger partial charge in [-0.05, 0) is 61.7 Å². The number of carbonyl (C=O) groups excluding carboxylic acids is 1. The summed E-state index contributed by atoms with van der Waals surface area (Å²) in [6.07, 6.45) is 0. The zero-order valence-electron chi connectivity index (χ0n) is 15.9. The van der Waals surface area contributed by atoms with E-state index in [0.717, 1.165) is 9.87 Å². The highest BCUT2D eigenvalue weighted by atomic mass is 35.5.